The predicted octanol–water partition coefficient (Wildman–Crippen LogP) is 6.79. The fourth-order valence-electron chi connectivity index (χ4n) is 5.04. The zero-order valence-electron chi connectivity index (χ0n) is 22.4. The third kappa shape index (κ3) is 7.14. The number of halogens is 3. The third-order valence-corrected chi connectivity index (χ3v) is 9.18. The number of anilines is 2. The van der Waals surface area contributed by atoms with E-state index >= 15 is 0 Å². The summed E-state index contributed by atoms with van der Waals surface area (Å²) in [5.74, 6) is 6.81. The van der Waals surface area contributed by atoms with E-state index in [-0.39, 0.29) is 19.5 Å². The molecule has 3 N–H and O–H groups in total. The van der Waals surface area contributed by atoms with E-state index in [1.807, 2.05) is 24.3 Å². The molecule has 1 aromatic heterocycles. The maximum absolute atomic E-state index is 13.6. The van der Waals surface area contributed by atoms with Crippen molar-refractivity contribution in [3.05, 3.63) is 46.8 Å². The number of hydrogen-bond donors (Lipinski definition) is 3. The first kappa shape index (κ1) is 28.5. The molecule has 4 nitrogen and oxygen atoms in total. The maximum atomic E-state index is 13.6. The molecule has 1 saturated heterocycles. The number of rotatable bonds is 7. The molecule has 38 heavy (non-hydrogen) atoms. The second kappa shape index (κ2) is 12.2. The fraction of sp³-hybridized carbons (Fsp3) is 0.448. The average Bonchev–Trinajstić information content (AvgIpc) is 3.18. The number of ether oxygens (including phenoxy) is 1. The van der Waals surface area contributed by atoms with Gasteiger partial charge in [-0.2, -0.15) is 13.2 Å². The summed E-state index contributed by atoms with van der Waals surface area (Å²) in [4.78, 5) is 0.463. The lowest BCUT2D eigenvalue weighted by Crippen LogP contribution is -2.46. The molecule has 9 heteroatoms. The lowest BCUT2D eigenvalue weighted by Gasteiger charge is -2.34. The van der Waals surface area contributed by atoms with E-state index in [1.54, 1.807) is 13.2 Å². The normalized spacial score (nSPS) is 19.8. The second-order valence-electron chi connectivity index (χ2n) is 10.1. The van der Waals surface area contributed by atoms with Crippen molar-refractivity contribution in [1.29, 1.82) is 0 Å². The van der Waals surface area contributed by atoms with E-state index in [4.69, 9.17) is 4.74 Å². The summed E-state index contributed by atoms with van der Waals surface area (Å²) in [6, 6.07) is 12.6. The Bertz CT molecular complexity index is 1320. The molecule has 3 aromatic rings. The molecule has 2 heterocycles. The third-order valence-electron chi connectivity index (χ3n) is 6.67. The molecule has 1 aliphatic heterocycles. The minimum absolute atomic E-state index is 0.250. The number of thiophene rings is 1. The van der Waals surface area contributed by atoms with Gasteiger partial charge in [-0.05, 0) is 74.5 Å². The minimum atomic E-state index is -4.32. The van der Waals surface area contributed by atoms with Crippen LogP contribution in [0.5, 0.6) is 5.75 Å². The van der Waals surface area contributed by atoms with Gasteiger partial charge >= 0.3 is 6.18 Å². The van der Waals surface area contributed by atoms with Gasteiger partial charge < -0.3 is 20.7 Å². The molecule has 1 fully saturated rings. The number of nitrogens with one attached hydrogen (secondary N) is 3. The largest absolute Gasteiger partial charge is 0.495 e. The SMILES string of the molecule is COc1cc(P(C)C)ccc1NCC#Cc1sc2c(NC3CC(C)NC(C)C3)cccc2c1CC(F)(F)F. The zero-order valence-corrected chi connectivity index (χ0v) is 24.1. The van der Waals surface area contributed by atoms with Gasteiger partial charge in [0.05, 0.1) is 41.0 Å². The van der Waals surface area contributed by atoms with Crippen LogP contribution in [0.4, 0.5) is 24.5 Å². The standard InChI is InChI=1S/C29H35F3N3OPS/c1-18-14-20(15-19(2)34-18)35-25-9-6-8-22-23(17-29(30,31)32)27(38-28(22)25)10-7-13-33-24-12-11-21(37(4)5)16-26(24)36-3/h6,8-9,11-12,16,18-20,33-35H,13-15,17H2,1-5H3. The van der Waals surface area contributed by atoms with Crippen molar-refractivity contribution >= 4 is 46.0 Å². The summed E-state index contributed by atoms with van der Waals surface area (Å²) >= 11 is 1.34. The predicted molar refractivity (Wildman–Crippen MR) is 157 cm³/mol. The smallest absolute Gasteiger partial charge is 0.393 e. The molecule has 0 spiro atoms. The van der Waals surface area contributed by atoms with Crippen molar-refractivity contribution in [3.63, 3.8) is 0 Å². The number of methoxy groups -OCH3 is 1. The van der Waals surface area contributed by atoms with E-state index in [0.717, 1.165) is 34.7 Å². The van der Waals surface area contributed by atoms with E-state index in [1.165, 1.54) is 16.6 Å². The molecule has 0 amide bonds. The summed E-state index contributed by atoms with van der Waals surface area (Å²) < 4.78 is 47.1. The van der Waals surface area contributed by atoms with E-state index in [0.29, 0.717) is 28.9 Å². The Morgan fingerprint density at radius 2 is 1.84 bits per heavy atom. The molecule has 2 unspecified atom stereocenters. The Morgan fingerprint density at radius 1 is 1.11 bits per heavy atom. The van der Waals surface area contributed by atoms with Crippen LogP contribution in [-0.4, -0.2) is 51.3 Å². The van der Waals surface area contributed by atoms with Crippen LogP contribution in [0.15, 0.2) is 36.4 Å². The van der Waals surface area contributed by atoms with Crippen molar-refractivity contribution in [1.82, 2.24) is 5.32 Å². The van der Waals surface area contributed by atoms with Gasteiger partial charge in [0.1, 0.15) is 5.75 Å². The first-order valence-electron chi connectivity index (χ1n) is 12.8. The number of fused-ring (bicyclic) bond motifs is 1. The van der Waals surface area contributed by atoms with Gasteiger partial charge in [-0.1, -0.05) is 38.0 Å². The van der Waals surface area contributed by atoms with Crippen LogP contribution in [0.3, 0.4) is 0 Å². The summed E-state index contributed by atoms with van der Waals surface area (Å²) in [5.41, 5.74) is 1.94. The van der Waals surface area contributed by atoms with Crippen LogP contribution in [-0.2, 0) is 6.42 Å². The van der Waals surface area contributed by atoms with Gasteiger partial charge in [-0.15, -0.1) is 11.3 Å². The van der Waals surface area contributed by atoms with Crippen molar-refractivity contribution in [2.45, 2.75) is 57.4 Å². The van der Waals surface area contributed by atoms with Crippen LogP contribution in [0.1, 0.15) is 37.1 Å². The Hall–Kier alpha value is -2.46. The monoisotopic (exact) mass is 561 g/mol. The van der Waals surface area contributed by atoms with Gasteiger partial charge in [0.15, 0.2) is 0 Å². The Labute approximate surface area is 228 Å². The molecule has 0 aliphatic carbocycles. The molecule has 0 radical (unpaired) electrons. The highest BCUT2D eigenvalue weighted by Gasteiger charge is 2.31. The van der Waals surface area contributed by atoms with Gasteiger partial charge in [0.25, 0.3) is 0 Å². The second-order valence-corrected chi connectivity index (χ2v) is 13.4. The fourth-order valence-corrected chi connectivity index (χ4v) is 6.96. The van der Waals surface area contributed by atoms with Gasteiger partial charge in [0, 0.05) is 18.1 Å². The first-order chi connectivity index (χ1) is 18.0. The van der Waals surface area contributed by atoms with Crippen molar-refractivity contribution in [3.8, 4) is 17.6 Å². The van der Waals surface area contributed by atoms with Crippen LogP contribution in [0.2, 0.25) is 0 Å². The Kier molecular flexibility index (Phi) is 9.13. The highest BCUT2D eigenvalue weighted by molar-refractivity contribution is 7.64. The summed E-state index contributed by atoms with van der Waals surface area (Å²) in [7, 11) is 1.38. The molecule has 1 aliphatic rings. The van der Waals surface area contributed by atoms with Crippen LogP contribution < -0.4 is 26.0 Å². The number of alkyl halides is 3. The Balaban J connectivity index is 1.60. The van der Waals surface area contributed by atoms with Gasteiger partial charge in [0.2, 0.25) is 0 Å². The van der Waals surface area contributed by atoms with E-state index < -0.39 is 12.6 Å². The number of piperidine rings is 1. The zero-order chi connectivity index (χ0) is 27.4. The van der Waals surface area contributed by atoms with Crippen molar-refractivity contribution in [2.75, 3.05) is 37.6 Å². The highest BCUT2D eigenvalue weighted by Crippen LogP contribution is 2.39. The molecular formula is C29H35F3N3OPS. The summed E-state index contributed by atoms with van der Waals surface area (Å²) in [6.45, 7) is 8.97. The topological polar surface area (TPSA) is 45.3 Å². The Morgan fingerprint density at radius 3 is 2.50 bits per heavy atom. The summed E-state index contributed by atoms with van der Waals surface area (Å²) in [6.07, 6.45) is -3.40. The molecule has 204 valence electrons. The average molecular weight is 562 g/mol. The molecule has 2 atom stereocenters. The van der Waals surface area contributed by atoms with Crippen LogP contribution >= 0.6 is 19.3 Å². The minimum Gasteiger partial charge on any atom is -0.495 e. The summed E-state index contributed by atoms with van der Waals surface area (Å²) in [5, 5.41) is 12.3. The lowest BCUT2D eigenvalue weighted by atomic mass is 9.95. The molecular weight excluding hydrogens is 526 g/mol. The highest BCUT2D eigenvalue weighted by atomic mass is 32.1. The van der Waals surface area contributed by atoms with Crippen molar-refractivity contribution in [2.24, 2.45) is 0 Å². The first-order valence-corrected chi connectivity index (χ1v) is 15.8. The lowest BCUT2D eigenvalue weighted by molar-refractivity contribution is -0.126. The molecule has 0 saturated carbocycles. The van der Waals surface area contributed by atoms with E-state index in [9.17, 15) is 13.2 Å². The van der Waals surface area contributed by atoms with E-state index in [2.05, 4.69) is 61.0 Å². The van der Waals surface area contributed by atoms with Crippen LogP contribution in [0.25, 0.3) is 10.1 Å². The molecule has 4 rings (SSSR count). The van der Waals surface area contributed by atoms with Gasteiger partial charge in [-0.25, -0.2) is 0 Å². The van der Waals surface area contributed by atoms with Crippen LogP contribution in [0, 0.1) is 11.8 Å². The number of hydrogen-bond acceptors (Lipinski definition) is 5. The van der Waals surface area contributed by atoms with Gasteiger partial charge in [-0.3, -0.25) is 0 Å². The quantitative estimate of drug-likeness (QED) is 0.220. The van der Waals surface area contributed by atoms with Crippen molar-refractivity contribution < 1.29 is 17.9 Å². The number of benzene rings is 2. The maximum Gasteiger partial charge on any atom is 0.393 e. The molecule has 0 bridgehead atoms. The molecule has 2 aromatic carbocycles.